The standard InChI is InChI=1S/C14H14BrN3O4S/c1-17-12(20)13(21)18(14(17)22)8-11(19)16-6-7-23-10-4-2-9(15)3-5-10/h2-5H,6-8H2,1H3,(H,16,19). The van der Waals surface area contributed by atoms with E-state index in [1.807, 2.05) is 24.3 Å². The fraction of sp³-hybridized carbons (Fsp3) is 0.286. The summed E-state index contributed by atoms with van der Waals surface area (Å²) in [5, 5.41) is 2.62. The Bertz CT molecular complexity index is 650. The first-order valence-corrected chi connectivity index (χ1v) is 8.46. The second kappa shape index (κ2) is 7.60. The van der Waals surface area contributed by atoms with Crippen LogP contribution in [0.1, 0.15) is 0 Å². The maximum absolute atomic E-state index is 11.8. The number of hydrogen-bond donors (Lipinski definition) is 1. The number of carbonyl (C=O) groups is 4. The number of benzene rings is 1. The zero-order valence-corrected chi connectivity index (χ0v) is 14.6. The Labute approximate surface area is 145 Å². The summed E-state index contributed by atoms with van der Waals surface area (Å²) in [5.74, 6) is -1.73. The number of amides is 5. The van der Waals surface area contributed by atoms with Gasteiger partial charge in [0.1, 0.15) is 6.54 Å². The van der Waals surface area contributed by atoms with E-state index in [1.54, 1.807) is 11.8 Å². The minimum absolute atomic E-state index is 0.388. The molecule has 1 aromatic rings. The molecule has 1 saturated heterocycles. The van der Waals surface area contributed by atoms with Gasteiger partial charge in [-0.05, 0) is 24.3 Å². The van der Waals surface area contributed by atoms with Crippen molar-refractivity contribution < 1.29 is 19.2 Å². The molecule has 2 rings (SSSR count). The van der Waals surface area contributed by atoms with Gasteiger partial charge in [0.15, 0.2) is 0 Å². The van der Waals surface area contributed by atoms with Crippen LogP contribution in [0.2, 0.25) is 0 Å². The van der Waals surface area contributed by atoms with E-state index in [0.29, 0.717) is 22.1 Å². The van der Waals surface area contributed by atoms with Crippen molar-refractivity contribution in [2.45, 2.75) is 4.90 Å². The quantitative estimate of drug-likeness (QED) is 0.334. The Morgan fingerprint density at radius 2 is 1.83 bits per heavy atom. The number of urea groups is 1. The van der Waals surface area contributed by atoms with Gasteiger partial charge in [0.2, 0.25) is 5.91 Å². The Morgan fingerprint density at radius 3 is 2.39 bits per heavy atom. The molecule has 9 heteroatoms. The second-order valence-corrected chi connectivity index (χ2v) is 6.77. The summed E-state index contributed by atoms with van der Waals surface area (Å²) in [6.07, 6.45) is 0. The number of carbonyl (C=O) groups excluding carboxylic acids is 4. The Hall–Kier alpha value is -1.87. The van der Waals surface area contributed by atoms with Crippen LogP contribution in [0.5, 0.6) is 0 Å². The highest BCUT2D eigenvalue weighted by Gasteiger charge is 2.42. The molecule has 0 bridgehead atoms. The summed E-state index contributed by atoms with van der Waals surface area (Å²) in [7, 11) is 1.20. The van der Waals surface area contributed by atoms with Crippen molar-refractivity contribution in [1.29, 1.82) is 0 Å². The molecular formula is C14H14BrN3O4S. The molecule has 1 fully saturated rings. The summed E-state index contributed by atoms with van der Waals surface area (Å²) in [4.78, 5) is 48.6. The largest absolute Gasteiger partial charge is 0.354 e. The van der Waals surface area contributed by atoms with Crippen LogP contribution in [0, 0.1) is 0 Å². The summed E-state index contributed by atoms with van der Waals surface area (Å²) in [6, 6.07) is 7.00. The van der Waals surface area contributed by atoms with E-state index < -0.39 is 30.3 Å². The molecular weight excluding hydrogens is 386 g/mol. The van der Waals surface area contributed by atoms with Crippen molar-refractivity contribution in [1.82, 2.24) is 15.1 Å². The van der Waals surface area contributed by atoms with Gasteiger partial charge in [-0.25, -0.2) is 9.69 Å². The summed E-state index contributed by atoms with van der Waals surface area (Å²) < 4.78 is 0.995. The first-order chi connectivity index (χ1) is 10.9. The highest BCUT2D eigenvalue weighted by atomic mass is 79.9. The van der Waals surface area contributed by atoms with Gasteiger partial charge in [0.25, 0.3) is 0 Å². The molecule has 1 heterocycles. The number of hydrogen-bond acceptors (Lipinski definition) is 5. The first kappa shape index (κ1) is 17.5. The van der Waals surface area contributed by atoms with Crippen LogP contribution in [-0.4, -0.2) is 59.4 Å². The number of thioether (sulfide) groups is 1. The lowest BCUT2D eigenvalue weighted by Crippen LogP contribution is -2.41. The lowest BCUT2D eigenvalue weighted by atomic mass is 10.4. The minimum Gasteiger partial charge on any atom is -0.354 e. The van der Waals surface area contributed by atoms with Gasteiger partial charge in [0.05, 0.1) is 0 Å². The van der Waals surface area contributed by atoms with Crippen molar-refractivity contribution in [2.24, 2.45) is 0 Å². The lowest BCUT2D eigenvalue weighted by molar-refractivity contribution is -0.143. The zero-order chi connectivity index (χ0) is 17.0. The lowest BCUT2D eigenvalue weighted by Gasteiger charge is -2.12. The predicted octanol–water partition coefficient (Wildman–Crippen LogP) is 1.08. The van der Waals surface area contributed by atoms with Crippen LogP contribution in [-0.2, 0) is 14.4 Å². The Balaban J connectivity index is 1.73. The molecule has 0 aliphatic carbocycles. The van der Waals surface area contributed by atoms with E-state index in [1.165, 1.54) is 7.05 Å². The molecule has 0 atom stereocenters. The molecule has 0 spiro atoms. The number of rotatable bonds is 6. The summed E-state index contributed by atoms with van der Waals surface area (Å²) in [5.41, 5.74) is 0. The van der Waals surface area contributed by atoms with Gasteiger partial charge in [0, 0.05) is 28.7 Å². The van der Waals surface area contributed by atoms with Crippen molar-refractivity contribution in [3.8, 4) is 0 Å². The van der Waals surface area contributed by atoms with E-state index in [0.717, 1.165) is 9.37 Å². The molecule has 0 radical (unpaired) electrons. The number of nitrogens with zero attached hydrogens (tertiary/aromatic N) is 2. The Morgan fingerprint density at radius 1 is 1.17 bits per heavy atom. The predicted molar refractivity (Wildman–Crippen MR) is 87.8 cm³/mol. The number of halogens is 1. The molecule has 23 heavy (non-hydrogen) atoms. The van der Waals surface area contributed by atoms with Gasteiger partial charge >= 0.3 is 17.8 Å². The zero-order valence-electron chi connectivity index (χ0n) is 12.2. The highest BCUT2D eigenvalue weighted by Crippen LogP contribution is 2.19. The fourth-order valence-corrected chi connectivity index (χ4v) is 2.88. The average molecular weight is 400 g/mol. The molecule has 1 aromatic carbocycles. The molecule has 1 aliphatic rings. The van der Waals surface area contributed by atoms with E-state index in [2.05, 4.69) is 21.2 Å². The van der Waals surface area contributed by atoms with Gasteiger partial charge in [-0.1, -0.05) is 15.9 Å². The minimum atomic E-state index is -0.975. The average Bonchev–Trinajstić information content (AvgIpc) is 2.71. The van der Waals surface area contributed by atoms with E-state index >= 15 is 0 Å². The van der Waals surface area contributed by atoms with Crippen molar-refractivity contribution in [2.75, 3.05) is 25.9 Å². The van der Waals surface area contributed by atoms with Crippen molar-refractivity contribution >= 4 is 51.4 Å². The topological polar surface area (TPSA) is 86.8 Å². The molecule has 0 saturated carbocycles. The summed E-state index contributed by atoms with van der Waals surface area (Å²) in [6.45, 7) is -0.0593. The SMILES string of the molecule is CN1C(=O)C(=O)N(CC(=O)NCCSc2ccc(Br)cc2)C1=O. The monoisotopic (exact) mass is 399 g/mol. The Kier molecular flexibility index (Phi) is 5.78. The molecule has 5 amide bonds. The second-order valence-electron chi connectivity index (χ2n) is 4.69. The maximum atomic E-state index is 11.8. The van der Waals surface area contributed by atoms with E-state index in [-0.39, 0.29) is 0 Å². The van der Waals surface area contributed by atoms with Crippen molar-refractivity contribution in [3.05, 3.63) is 28.7 Å². The molecule has 0 aromatic heterocycles. The fourth-order valence-electron chi connectivity index (χ4n) is 1.84. The molecule has 1 N–H and O–H groups in total. The molecule has 122 valence electrons. The third-order valence-electron chi connectivity index (χ3n) is 3.06. The first-order valence-electron chi connectivity index (χ1n) is 6.68. The number of nitrogens with one attached hydrogen (secondary N) is 1. The van der Waals surface area contributed by atoms with Crippen LogP contribution in [0.15, 0.2) is 33.6 Å². The maximum Gasteiger partial charge on any atom is 0.334 e. The van der Waals surface area contributed by atoms with E-state index in [9.17, 15) is 19.2 Å². The number of likely N-dealkylation sites (N-methyl/N-ethyl adjacent to an activating group) is 1. The molecule has 7 nitrogen and oxygen atoms in total. The van der Waals surface area contributed by atoms with E-state index in [4.69, 9.17) is 0 Å². The third kappa shape index (κ3) is 4.32. The highest BCUT2D eigenvalue weighted by molar-refractivity contribution is 9.10. The molecule has 1 aliphatic heterocycles. The van der Waals surface area contributed by atoms with Crippen LogP contribution in [0.4, 0.5) is 4.79 Å². The van der Waals surface area contributed by atoms with Crippen LogP contribution in [0.3, 0.4) is 0 Å². The van der Waals surface area contributed by atoms with Crippen LogP contribution >= 0.6 is 27.7 Å². The van der Waals surface area contributed by atoms with Crippen molar-refractivity contribution in [3.63, 3.8) is 0 Å². The summed E-state index contributed by atoms with van der Waals surface area (Å²) >= 11 is 4.92. The van der Waals surface area contributed by atoms with Gasteiger partial charge in [-0.15, -0.1) is 11.8 Å². The van der Waals surface area contributed by atoms with Gasteiger partial charge in [-0.2, -0.15) is 0 Å². The third-order valence-corrected chi connectivity index (χ3v) is 4.60. The number of imide groups is 2. The van der Waals surface area contributed by atoms with Gasteiger partial charge in [-0.3, -0.25) is 19.3 Å². The normalized spacial score (nSPS) is 14.6. The molecule has 0 unspecified atom stereocenters. The van der Waals surface area contributed by atoms with Crippen LogP contribution in [0.25, 0.3) is 0 Å². The smallest absolute Gasteiger partial charge is 0.334 e. The van der Waals surface area contributed by atoms with Crippen LogP contribution < -0.4 is 5.32 Å². The van der Waals surface area contributed by atoms with Gasteiger partial charge < -0.3 is 5.32 Å².